The number of rotatable bonds is 9. The van der Waals surface area contributed by atoms with Crippen LogP contribution in [0, 0.1) is 5.82 Å². The maximum absolute atomic E-state index is 14.0. The quantitative estimate of drug-likeness (QED) is 0.332. The van der Waals surface area contributed by atoms with Gasteiger partial charge in [0.25, 0.3) is 10.0 Å². The molecule has 0 spiro atoms. The number of aromatic nitrogens is 2. The number of ether oxygens (including phenoxy) is 1. The van der Waals surface area contributed by atoms with Crippen LogP contribution in [0.3, 0.4) is 0 Å². The van der Waals surface area contributed by atoms with Crippen molar-refractivity contribution in [3.63, 3.8) is 0 Å². The third-order valence-corrected chi connectivity index (χ3v) is 7.46. The summed E-state index contributed by atoms with van der Waals surface area (Å²) in [5.74, 6) is -1.25. The largest absolute Gasteiger partial charge is 0.465 e. The Morgan fingerprint density at radius 3 is 2.64 bits per heavy atom. The summed E-state index contributed by atoms with van der Waals surface area (Å²) in [5.41, 5.74) is 1.09. The number of halogens is 1. The molecule has 2 aromatic carbocycles. The lowest BCUT2D eigenvalue weighted by atomic mass is 10.0. The first-order valence-electron chi connectivity index (χ1n) is 11.5. The zero-order valence-corrected chi connectivity index (χ0v) is 21.0. The van der Waals surface area contributed by atoms with Crippen LogP contribution >= 0.6 is 0 Å². The molecule has 0 unspecified atom stereocenters. The number of carbonyl (C=O) groups excluding carboxylic acids is 1. The Balaban J connectivity index is 1.78. The first kappa shape index (κ1) is 25.3. The van der Waals surface area contributed by atoms with Gasteiger partial charge in [-0.25, -0.2) is 22.1 Å². The first-order valence-corrected chi connectivity index (χ1v) is 13.0. The van der Waals surface area contributed by atoms with Gasteiger partial charge in [0.2, 0.25) is 0 Å². The molecule has 1 N–H and O–H groups in total. The van der Waals surface area contributed by atoms with Crippen LogP contribution < -0.4 is 4.72 Å². The van der Waals surface area contributed by atoms with Gasteiger partial charge in [-0.1, -0.05) is 32.1 Å². The molecule has 36 heavy (non-hydrogen) atoms. The molecule has 0 bridgehead atoms. The number of anilines is 1. The van der Waals surface area contributed by atoms with E-state index in [9.17, 15) is 17.6 Å². The van der Waals surface area contributed by atoms with Gasteiger partial charge in [0.05, 0.1) is 28.8 Å². The lowest BCUT2D eigenvalue weighted by Gasteiger charge is -2.16. The molecule has 0 amide bonds. The molecule has 2 heterocycles. The van der Waals surface area contributed by atoms with Crippen molar-refractivity contribution in [3.05, 3.63) is 77.9 Å². The van der Waals surface area contributed by atoms with Crippen molar-refractivity contribution in [1.29, 1.82) is 0 Å². The standard InChI is InChI=1S/C26H27FN4O4S/c1-4-30(5-2)15-6-7-18-17-19(27)8-11-24(18)36(33,34)29-22-10-9-20-21(25(22)26(32)35-3)13-16-31-23(20)12-14-28-31/h6-14,16-17,29H,4-5,15H2,1-3H3/b7-6-. The zero-order valence-electron chi connectivity index (χ0n) is 20.2. The van der Waals surface area contributed by atoms with Crippen LogP contribution in [0.5, 0.6) is 0 Å². The van der Waals surface area contributed by atoms with E-state index in [4.69, 9.17) is 4.74 Å². The molecule has 10 heteroatoms. The lowest BCUT2D eigenvalue weighted by molar-refractivity contribution is 0.0604. The molecule has 0 saturated carbocycles. The van der Waals surface area contributed by atoms with E-state index in [0.717, 1.165) is 24.7 Å². The van der Waals surface area contributed by atoms with Crippen molar-refractivity contribution in [2.45, 2.75) is 18.7 Å². The SMILES string of the molecule is CCN(CC)C/C=C\c1cc(F)ccc1S(=O)(=O)Nc1ccc2c(ccn3nccc23)c1C(=O)OC. The second-order valence-electron chi connectivity index (χ2n) is 8.09. The van der Waals surface area contributed by atoms with E-state index in [1.807, 2.05) is 13.8 Å². The molecule has 0 aliphatic rings. The maximum atomic E-state index is 14.0. The number of sulfonamides is 1. The predicted octanol–water partition coefficient (Wildman–Crippen LogP) is 4.57. The number of fused-ring (bicyclic) bond motifs is 3. The Labute approximate surface area is 209 Å². The predicted molar refractivity (Wildman–Crippen MR) is 138 cm³/mol. The molecular formula is C26H27FN4O4S. The Kier molecular flexibility index (Phi) is 7.37. The van der Waals surface area contributed by atoms with Gasteiger partial charge in [-0.15, -0.1) is 0 Å². The van der Waals surface area contributed by atoms with Crippen molar-refractivity contribution < 1.29 is 22.3 Å². The number of nitrogens with zero attached hydrogens (tertiary/aromatic N) is 3. The van der Waals surface area contributed by atoms with Gasteiger partial charge in [-0.05, 0) is 55.1 Å². The molecule has 4 rings (SSSR count). The molecule has 0 radical (unpaired) electrons. The molecular weight excluding hydrogens is 483 g/mol. The van der Waals surface area contributed by atoms with Crippen LogP contribution in [-0.2, 0) is 14.8 Å². The minimum Gasteiger partial charge on any atom is -0.465 e. The minimum atomic E-state index is -4.19. The van der Waals surface area contributed by atoms with Gasteiger partial charge < -0.3 is 9.64 Å². The topological polar surface area (TPSA) is 93.0 Å². The fourth-order valence-corrected chi connectivity index (χ4v) is 5.37. The number of hydrogen-bond acceptors (Lipinski definition) is 6. The van der Waals surface area contributed by atoms with Crippen molar-refractivity contribution >= 4 is 44.0 Å². The third-order valence-electron chi connectivity index (χ3n) is 6.02. The van der Waals surface area contributed by atoms with Crippen molar-refractivity contribution in [3.8, 4) is 0 Å². The summed E-state index contributed by atoms with van der Waals surface area (Å²) in [4.78, 5) is 14.8. The summed E-state index contributed by atoms with van der Waals surface area (Å²) in [6.45, 7) is 6.32. The third kappa shape index (κ3) is 4.95. The smallest absolute Gasteiger partial charge is 0.340 e. The average molecular weight is 511 g/mol. The summed E-state index contributed by atoms with van der Waals surface area (Å²) in [6, 6.07) is 10.2. The Bertz CT molecular complexity index is 1560. The average Bonchev–Trinajstić information content (AvgIpc) is 3.35. The van der Waals surface area contributed by atoms with Gasteiger partial charge >= 0.3 is 5.97 Å². The van der Waals surface area contributed by atoms with E-state index < -0.39 is 21.8 Å². The highest BCUT2D eigenvalue weighted by Gasteiger charge is 2.24. The van der Waals surface area contributed by atoms with E-state index in [1.165, 1.54) is 25.3 Å². The zero-order chi connectivity index (χ0) is 25.9. The van der Waals surface area contributed by atoms with Crippen LogP contribution in [0.1, 0.15) is 29.8 Å². The number of hydrogen-bond donors (Lipinski definition) is 1. The second kappa shape index (κ2) is 10.5. The monoisotopic (exact) mass is 510 g/mol. The van der Waals surface area contributed by atoms with E-state index in [-0.39, 0.29) is 21.7 Å². The molecule has 188 valence electrons. The summed E-state index contributed by atoms with van der Waals surface area (Å²) in [6.07, 6.45) is 6.70. The van der Waals surface area contributed by atoms with Gasteiger partial charge in [-0.2, -0.15) is 5.10 Å². The number of pyridine rings is 1. The fraction of sp³-hybridized carbons (Fsp3) is 0.231. The van der Waals surface area contributed by atoms with Gasteiger partial charge in [-0.3, -0.25) is 4.72 Å². The molecule has 0 saturated heterocycles. The number of carbonyl (C=O) groups is 1. The van der Waals surface area contributed by atoms with Crippen LogP contribution in [0.25, 0.3) is 22.4 Å². The highest BCUT2D eigenvalue weighted by atomic mass is 32.2. The Morgan fingerprint density at radius 1 is 1.14 bits per heavy atom. The van der Waals surface area contributed by atoms with E-state index in [2.05, 4.69) is 14.7 Å². The number of likely N-dealkylation sites (N-methyl/N-ethyl adjacent to an activating group) is 1. The summed E-state index contributed by atoms with van der Waals surface area (Å²) < 4.78 is 50.1. The van der Waals surface area contributed by atoms with Crippen molar-refractivity contribution in [2.75, 3.05) is 31.5 Å². The van der Waals surface area contributed by atoms with Gasteiger partial charge in [0.15, 0.2) is 0 Å². The summed E-state index contributed by atoms with van der Waals surface area (Å²) in [5, 5.41) is 5.41. The molecule has 0 aliphatic heterocycles. The number of esters is 1. The van der Waals surface area contributed by atoms with Crippen LogP contribution in [0.2, 0.25) is 0 Å². The first-order chi connectivity index (χ1) is 17.3. The van der Waals surface area contributed by atoms with Gasteiger partial charge in [0, 0.05) is 29.7 Å². The molecule has 4 aromatic rings. The number of methoxy groups -OCH3 is 1. The van der Waals surface area contributed by atoms with E-state index >= 15 is 0 Å². The number of benzene rings is 2. The molecule has 0 atom stereocenters. The van der Waals surface area contributed by atoms with Crippen LogP contribution in [0.15, 0.2) is 65.8 Å². The van der Waals surface area contributed by atoms with Crippen molar-refractivity contribution in [2.24, 2.45) is 0 Å². The van der Waals surface area contributed by atoms with E-state index in [0.29, 0.717) is 17.3 Å². The Hall–Kier alpha value is -3.76. The highest BCUT2D eigenvalue weighted by Crippen LogP contribution is 2.32. The van der Waals surface area contributed by atoms with E-state index in [1.54, 1.807) is 47.3 Å². The summed E-state index contributed by atoms with van der Waals surface area (Å²) in [7, 11) is -2.96. The van der Waals surface area contributed by atoms with Gasteiger partial charge in [0.1, 0.15) is 5.82 Å². The molecule has 8 nitrogen and oxygen atoms in total. The summed E-state index contributed by atoms with van der Waals surface area (Å²) >= 11 is 0. The maximum Gasteiger partial charge on any atom is 0.340 e. The van der Waals surface area contributed by atoms with Crippen LogP contribution in [-0.4, -0.2) is 55.6 Å². The lowest BCUT2D eigenvalue weighted by Crippen LogP contribution is -2.22. The molecule has 0 fully saturated rings. The van der Waals surface area contributed by atoms with Crippen molar-refractivity contribution in [1.82, 2.24) is 14.5 Å². The fourth-order valence-electron chi connectivity index (χ4n) is 4.12. The second-order valence-corrected chi connectivity index (χ2v) is 9.74. The molecule has 2 aromatic heterocycles. The molecule has 0 aliphatic carbocycles. The van der Waals surface area contributed by atoms with Crippen LogP contribution in [0.4, 0.5) is 10.1 Å². The Morgan fingerprint density at radius 2 is 1.92 bits per heavy atom. The number of nitrogens with one attached hydrogen (secondary N) is 1. The minimum absolute atomic E-state index is 0.0561. The highest BCUT2D eigenvalue weighted by molar-refractivity contribution is 7.92. The normalized spacial score (nSPS) is 12.1.